The maximum Gasteiger partial charge on any atom is 0.417 e. The molecule has 0 bridgehead atoms. The first-order valence-corrected chi connectivity index (χ1v) is 8.39. The third kappa shape index (κ3) is 4.26. The van der Waals surface area contributed by atoms with Crippen molar-refractivity contribution in [3.05, 3.63) is 38.0 Å². The Labute approximate surface area is 166 Å². The van der Waals surface area contributed by atoms with Crippen LogP contribution in [0, 0.1) is 0 Å². The number of aliphatic hydroxyl groups is 1. The van der Waals surface area contributed by atoms with Crippen LogP contribution in [0.25, 0.3) is 0 Å². The monoisotopic (exact) mass is 446 g/mol. The smallest absolute Gasteiger partial charge is 0.417 e. The summed E-state index contributed by atoms with van der Waals surface area (Å²) in [4.78, 5) is 25.5. The second kappa shape index (κ2) is 8.14. The van der Waals surface area contributed by atoms with Gasteiger partial charge in [0, 0.05) is 6.54 Å². The van der Waals surface area contributed by atoms with Gasteiger partial charge in [-0.15, -0.1) is 0 Å². The maximum absolute atomic E-state index is 13.0. The van der Waals surface area contributed by atoms with Crippen LogP contribution in [0.15, 0.2) is 17.3 Å². The molecule has 0 spiro atoms. The largest absolute Gasteiger partial charge is 0.466 e. The van der Waals surface area contributed by atoms with E-state index in [1.807, 2.05) is 0 Å². The first kappa shape index (κ1) is 21.6. The summed E-state index contributed by atoms with van der Waals surface area (Å²) in [5.41, 5.74) is -1.90. The molecule has 0 saturated carbocycles. The highest BCUT2D eigenvalue weighted by Crippen LogP contribution is 2.45. The molecule has 2 rings (SSSR count). The summed E-state index contributed by atoms with van der Waals surface area (Å²) in [6.45, 7) is -0.598. The molecule has 1 aromatic rings. The van der Waals surface area contributed by atoms with Crippen molar-refractivity contribution in [2.24, 2.45) is 0 Å². The Morgan fingerprint density at radius 1 is 1.33 bits per heavy atom. The van der Waals surface area contributed by atoms with E-state index in [2.05, 4.69) is 10.1 Å². The molecule has 0 fully saturated rings. The molecule has 1 aliphatic rings. The number of halogens is 6. The van der Waals surface area contributed by atoms with E-state index in [9.17, 15) is 22.8 Å². The van der Waals surface area contributed by atoms with Crippen LogP contribution < -0.4 is 5.32 Å². The number of alkyl halides is 3. The summed E-state index contributed by atoms with van der Waals surface area (Å²) in [6.07, 6.45) is -4.79. The van der Waals surface area contributed by atoms with Gasteiger partial charge in [0.05, 0.1) is 52.2 Å². The van der Waals surface area contributed by atoms with Gasteiger partial charge in [0.25, 0.3) is 5.91 Å². The molecule has 27 heavy (non-hydrogen) atoms. The lowest BCUT2D eigenvalue weighted by atomic mass is 10.1. The molecule has 12 heteroatoms. The predicted molar refractivity (Wildman–Crippen MR) is 92.8 cm³/mol. The number of β-amino-alcohol motifs (C(OH)–C–C–N with tert-alkyl or cyclic N) is 1. The average Bonchev–Trinajstić information content (AvgIpc) is 2.89. The summed E-state index contributed by atoms with van der Waals surface area (Å²) in [7, 11) is 1.10. The van der Waals surface area contributed by atoms with Gasteiger partial charge in [-0.1, -0.05) is 34.8 Å². The number of methoxy groups -OCH3 is 1. The second-order valence-electron chi connectivity index (χ2n) is 5.33. The Morgan fingerprint density at radius 2 is 1.96 bits per heavy atom. The Bertz CT molecular complexity index is 828. The SMILES string of the molecule is COC(=O)C1=C(Nc2c(Cl)cc(C(F)(F)F)c(Cl)c2Cl)C(=O)N(CCO)C1. The Kier molecular flexibility index (Phi) is 6.51. The molecule has 148 valence electrons. The molecule has 1 aromatic carbocycles. The molecule has 6 nitrogen and oxygen atoms in total. The minimum Gasteiger partial charge on any atom is -0.466 e. The summed E-state index contributed by atoms with van der Waals surface area (Å²) in [6, 6.07) is 0.557. The normalized spacial score (nSPS) is 14.8. The molecule has 1 amide bonds. The van der Waals surface area contributed by atoms with Crippen molar-refractivity contribution in [3.8, 4) is 0 Å². The second-order valence-corrected chi connectivity index (χ2v) is 6.49. The van der Waals surface area contributed by atoms with Crippen LogP contribution in [0.5, 0.6) is 0 Å². The van der Waals surface area contributed by atoms with Gasteiger partial charge in [0.1, 0.15) is 5.70 Å². The zero-order valence-electron chi connectivity index (χ0n) is 13.6. The number of amides is 1. The average molecular weight is 448 g/mol. The fraction of sp³-hybridized carbons (Fsp3) is 0.333. The number of ether oxygens (including phenoxy) is 1. The van der Waals surface area contributed by atoms with Gasteiger partial charge < -0.3 is 20.1 Å². The van der Waals surface area contributed by atoms with Crippen LogP contribution in [-0.4, -0.2) is 48.7 Å². The lowest BCUT2D eigenvalue weighted by Crippen LogP contribution is -2.31. The van der Waals surface area contributed by atoms with Crippen molar-refractivity contribution in [1.29, 1.82) is 0 Å². The first-order valence-electron chi connectivity index (χ1n) is 7.26. The predicted octanol–water partition coefficient (Wildman–Crippen LogP) is 3.34. The zero-order valence-corrected chi connectivity index (χ0v) is 15.9. The lowest BCUT2D eigenvalue weighted by molar-refractivity contribution is -0.137. The molecule has 0 radical (unpaired) electrons. The quantitative estimate of drug-likeness (QED) is 0.535. The van der Waals surface area contributed by atoms with Crippen molar-refractivity contribution >= 4 is 52.4 Å². The van der Waals surface area contributed by atoms with E-state index in [1.165, 1.54) is 0 Å². The highest BCUT2D eigenvalue weighted by Gasteiger charge is 2.38. The maximum atomic E-state index is 13.0. The highest BCUT2D eigenvalue weighted by molar-refractivity contribution is 6.46. The van der Waals surface area contributed by atoms with Gasteiger partial charge in [-0.25, -0.2) is 4.79 Å². The molecule has 0 unspecified atom stereocenters. The summed E-state index contributed by atoms with van der Waals surface area (Å²) in [5.74, 6) is -1.52. The number of carbonyl (C=O) groups excluding carboxylic acids is 2. The third-order valence-corrected chi connectivity index (χ3v) is 4.83. The zero-order chi connectivity index (χ0) is 20.5. The molecule has 2 N–H and O–H groups in total. The van der Waals surface area contributed by atoms with Crippen molar-refractivity contribution in [1.82, 2.24) is 4.90 Å². The Morgan fingerprint density at radius 3 is 2.48 bits per heavy atom. The third-order valence-electron chi connectivity index (χ3n) is 3.67. The lowest BCUT2D eigenvalue weighted by Gasteiger charge is -2.18. The highest BCUT2D eigenvalue weighted by atomic mass is 35.5. The van der Waals surface area contributed by atoms with Crippen molar-refractivity contribution < 1.29 is 32.6 Å². The fourth-order valence-electron chi connectivity index (χ4n) is 2.39. The van der Waals surface area contributed by atoms with Crippen LogP contribution in [-0.2, 0) is 20.5 Å². The van der Waals surface area contributed by atoms with Crippen LogP contribution in [0.2, 0.25) is 15.1 Å². The van der Waals surface area contributed by atoms with Crippen LogP contribution in [0.3, 0.4) is 0 Å². The van der Waals surface area contributed by atoms with E-state index in [4.69, 9.17) is 39.9 Å². The standard InChI is InChI=1S/C15H12Cl3F3N2O4/c1-27-14(26)6-5-23(2-3-24)13(25)11(6)22-12-8(16)4-7(15(19,20)21)9(17)10(12)18/h4,22,24H,2-3,5H2,1H3. The number of esters is 1. The van der Waals surface area contributed by atoms with Gasteiger partial charge in [-0.3, -0.25) is 4.79 Å². The van der Waals surface area contributed by atoms with E-state index in [0.717, 1.165) is 12.0 Å². The topological polar surface area (TPSA) is 78.9 Å². The Hall–Kier alpha value is -1.68. The van der Waals surface area contributed by atoms with Crippen LogP contribution >= 0.6 is 34.8 Å². The van der Waals surface area contributed by atoms with E-state index in [0.29, 0.717) is 6.07 Å². The molecular weight excluding hydrogens is 436 g/mol. The molecular formula is C15H12Cl3F3N2O4. The molecule has 0 aliphatic carbocycles. The minimum absolute atomic E-state index is 0.0697. The van der Waals surface area contributed by atoms with Gasteiger partial charge >= 0.3 is 12.1 Å². The number of aliphatic hydroxyl groups excluding tert-OH is 1. The number of benzene rings is 1. The number of hydrogen-bond acceptors (Lipinski definition) is 5. The van der Waals surface area contributed by atoms with Crippen molar-refractivity contribution in [2.75, 3.05) is 32.1 Å². The van der Waals surface area contributed by atoms with Gasteiger partial charge in [0.2, 0.25) is 0 Å². The minimum atomic E-state index is -4.79. The number of nitrogens with one attached hydrogen (secondary N) is 1. The van der Waals surface area contributed by atoms with Gasteiger partial charge in [-0.05, 0) is 6.07 Å². The van der Waals surface area contributed by atoms with Crippen LogP contribution in [0.4, 0.5) is 18.9 Å². The van der Waals surface area contributed by atoms with E-state index >= 15 is 0 Å². The van der Waals surface area contributed by atoms with Crippen molar-refractivity contribution in [2.45, 2.75) is 6.18 Å². The number of hydrogen-bond donors (Lipinski definition) is 2. The van der Waals surface area contributed by atoms with Crippen LogP contribution in [0.1, 0.15) is 5.56 Å². The molecule has 0 atom stereocenters. The molecule has 1 aliphatic heterocycles. The molecule has 1 heterocycles. The van der Waals surface area contributed by atoms with E-state index < -0.39 is 38.7 Å². The Balaban J connectivity index is 2.52. The summed E-state index contributed by atoms with van der Waals surface area (Å²) < 4.78 is 43.5. The first-order chi connectivity index (χ1) is 12.5. The number of nitrogens with zero attached hydrogens (tertiary/aromatic N) is 1. The number of anilines is 1. The fourth-order valence-corrected chi connectivity index (χ4v) is 3.20. The summed E-state index contributed by atoms with van der Waals surface area (Å²) in [5, 5.41) is 9.67. The van der Waals surface area contributed by atoms with Gasteiger partial charge in [0.15, 0.2) is 0 Å². The van der Waals surface area contributed by atoms with E-state index in [1.54, 1.807) is 0 Å². The molecule has 0 saturated heterocycles. The summed E-state index contributed by atoms with van der Waals surface area (Å²) >= 11 is 17.5. The number of carbonyl (C=O) groups is 2. The van der Waals surface area contributed by atoms with Crippen molar-refractivity contribution in [3.63, 3.8) is 0 Å². The molecule has 0 aromatic heterocycles. The van der Waals surface area contributed by atoms with E-state index in [-0.39, 0.29) is 36.7 Å². The van der Waals surface area contributed by atoms with Gasteiger partial charge in [-0.2, -0.15) is 13.2 Å². The number of rotatable bonds is 5.